The van der Waals surface area contributed by atoms with E-state index in [-0.39, 0.29) is 0 Å². The van der Waals surface area contributed by atoms with Crippen LogP contribution in [-0.2, 0) is 9.47 Å². The summed E-state index contributed by atoms with van der Waals surface area (Å²) < 4.78 is 10.2. The van der Waals surface area contributed by atoms with Crippen molar-refractivity contribution in [2.75, 3.05) is 13.2 Å². The van der Waals surface area contributed by atoms with Crippen LogP contribution in [-0.4, -0.2) is 19.3 Å². The van der Waals surface area contributed by atoms with Crippen molar-refractivity contribution in [2.24, 2.45) is 0 Å². The third-order valence-corrected chi connectivity index (χ3v) is 1.32. The van der Waals surface area contributed by atoms with Crippen LogP contribution in [0.2, 0.25) is 0 Å². The molecule has 0 radical (unpaired) electrons. The second-order valence-corrected chi connectivity index (χ2v) is 2.47. The molecule has 1 atom stereocenters. The van der Waals surface area contributed by atoms with E-state index in [1.807, 2.05) is 6.92 Å². The van der Waals surface area contributed by atoms with Gasteiger partial charge in [0.25, 0.3) is 0 Å². The lowest BCUT2D eigenvalue weighted by Gasteiger charge is -2.05. The topological polar surface area (TPSA) is 21.8 Å². The second-order valence-electron chi connectivity index (χ2n) is 2.47. The SMILES string of the molecule is C=C(C)C(=C)OCC1CO1. The third kappa shape index (κ3) is 2.23. The van der Waals surface area contributed by atoms with Crippen molar-refractivity contribution in [3.63, 3.8) is 0 Å². The molecule has 0 aliphatic carbocycles. The van der Waals surface area contributed by atoms with Gasteiger partial charge in [-0.05, 0) is 12.5 Å². The zero-order chi connectivity index (χ0) is 7.56. The molecule has 1 unspecified atom stereocenters. The summed E-state index contributed by atoms with van der Waals surface area (Å²) in [5.74, 6) is 0.663. The number of epoxide rings is 1. The Morgan fingerprint density at radius 1 is 1.70 bits per heavy atom. The van der Waals surface area contributed by atoms with E-state index < -0.39 is 0 Å². The summed E-state index contributed by atoms with van der Waals surface area (Å²) in [4.78, 5) is 0. The minimum Gasteiger partial charge on any atom is -0.491 e. The first kappa shape index (κ1) is 7.35. The van der Waals surface area contributed by atoms with E-state index in [1.165, 1.54) is 0 Å². The highest BCUT2D eigenvalue weighted by atomic mass is 16.6. The van der Waals surface area contributed by atoms with E-state index in [4.69, 9.17) is 9.47 Å². The lowest BCUT2D eigenvalue weighted by molar-refractivity contribution is 0.191. The van der Waals surface area contributed by atoms with E-state index in [0.717, 1.165) is 12.2 Å². The van der Waals surface area contributed by atoms with Crippen molar-refractivity contribution < 1.29 is 9.47 Å². The van der Waals surface area contributed by atoms with Crippen molar-refractivity contribution in [3.05, 3.63) is 24.5 Å². The zero-order valence-electron chi connectivity index (χ0n) is 6.22. The highest BCUT2D eigenvalue weighted by Gasteiger charge is 2.23. The molecule has 0 aromatic heterocycles. The van der Waals surface area contributed by atoms with Crippen LogP contribution in [0, 0.1) is 0 Å². The Hall–Kier alpha value is -0.760. The van der Waals surface area contributed by atoms with Gasteiger partial charge in [0, 0.05) is 0 Å². The van der Waals surface area contributed by atoms with E-state index >= 15 is 0 Å². The molecule has 2 heteroatoms. The fraction of sp³-hybridized carbons (Fsp3) is 0.500. The first-order valence-corrected chi connectivity index (χ1v) is 3.29. The first-order chi connectivity index (χ1) is 4.70. The number of rotatable bonds is 4. The molecule has 10 heavy (non-hydrogen) atoms. The molecule has 0 saturated carbocycles. The van der Waals surface area contributed by atoms with E-state index in [0.29, 0.717) is 18.5 Å². The largest absolute Gasteiger partial charge is 0.491 e. The molecule has 1 saturated heterocycles. The molecule has 2 nitrogen and oxygen atoms in total. The Morgan fingerprint density at radius 2 is 2.30 bits per heavy atom. The average Bonchev–Trinajstić information content (AvgIpc) is 2.64. The van der Waals surface area contributed by atoms with Crippen LogP contribution in [0.5, 0.6) is 0 Å². The maximum atomic E-state index is 5.21. The van der Waals surface area contributed by atoms with Gasteiger partial charge < -0.3 is 9.47 Å². The summed E-state index contributed by atoms with van der Waals surface area (Å²) >= 11 is 0. The number of ether oxygens (including phenoxy) is 2. The van der Waals surface area contributed by atoms with E-state index in [9.17, 15) is 0 Å². The molecule has 0 N–H and O–H groups in total. The molecule has 1 heterocycles. The minimum atomic E-state index is 0.302. The molecule has 1 aliphatic rings. The highest BCUT2D eigenvalue weighted by molar-refractivity contribution is 5.15. The van der Waals surface area contributed by atoms with Crippen LogP contribution in [0.15, 0.2) is 24.5 Å². The lowest BCUT2D eigenvalue weighted by atomic mass is 10.3. The molecule has 0 aromatic carbocycles. The number of hydrogen-bond donors (Lipinski definition) is 0. The van der Waals surface area contributed by atoms with Gasteiger partial charge in [-0.3, -0.25) is 0 Å². The molecule has 0 spiro atoms. The monoisotopic (exact) mass is 140 g/mol. The number of hydrogen-bond acceptors (Lipinski definition) is 2. The Morgan fingerprint density at radius 3 is 2.70 bits per heavy atom. The summed E-state index contributed by atoms with van der Waals surface area (Å²) in [6.45, 7) is 10.7. The normalized spacial score (nSPS) is 21.9. The average molecular weight is 140 g/mol. The van der Waals surface area contributed by atoms with Crippen LogP contribution >= 0.6 is 0 Å². The Bertz CT molecular complexity index is 157. The zero-order valence-corrected chi connectivity index (χ0v) is 6.22. The molecule has 0 aromatic rings. The smallest absolute Gasteiger partial charge is 0.117 e. The lowest BCUT2D eigenvalue weighted by Crippen LogP contribution is -2.00. The van der Waals surface area contributed by atoms with E-state index in [1.54, 1.807) is 0 Å². The van der Waals surface area contributed by atoms with Crippen LogP contribution in [0.3, 0.4) is 0 Å². The maximum absolute atomic E-state index is 5.21. The van der Waals surface area contributed by atoms with Gasteiger partial charge in [0.15, 0.2) is 0 Å². The van der Waals surface area contributed by atoms with Crippen molar-refractivity contribution in [2.45, 2.75) is 13.0 Å². The van der Waals surface area contributed by atoms with Crippen molar-refractivity contribution in [3.8, 4) is 0 Å². The highest BCUT2D eigenvalue weighted by Crippen LogP contribution is 2.12. The van der Waals surface area contributed by atoms with Gasteiger partial charge in [0.2, 0.25) is 0 Å². The van der Waals surface area contributed by atoms with Gasteiger partial charge in [-0.1, -0.05) is 13.2 Å². The molecule has 56 valence electrons. The van der Waals surface area contributed by atoms with Crippen LogP contribution < -0.4 is 0 Å². The Kier molecular flexibility index (Phi) is 2.12. The van der Waals surface area contributed by atoms with Gasteiger partial charge in [-0.25, -0.2) is 0 Å². The van der Waals surface area contributed by atoms with E-state index in [2.05, 4.69) is 13.2 Å². The van der Waals surface area contributed by atoms with Gasteiger partial charge >= 0.3 is 0 Å². The molecular weight excluding hydrogens is 128 g/mol. The summed E-state index contributed by atoms with van der Waals surface area (Å²) in [6, 6.07) is 0. The molecule has 1 aliphatic heterocycles. The maximum Gasteiger partial charge on any atom is 0.117 e. The molecule has 0 bridgehead atoms. The Labute approximate surface area is 61.1 Å². The van der Waals surface area contributed by atoms with Gasteiger partial charge in [-0.2, -0.15) is 0 Å². The quantitative estimate of drug-likeness (QED) is 0.335. The Balaban J connectivity index is 2.11. The molecule has 1 fully saturated rings. The summed E-state index contributed by atoms with van der Waals surface area (Å²) in [6.07, 6.45) is 0.302. The van der Waals surface area contributed by atoms with Crippen LogP contribution in [0.4, 0.5) is 0 Å². The number of allylic oxidation sites excluding steroid dienone is 1. The van der Waals surface area contributed by atoms with Crippen LogP contribution in [0.1, 0.15) is 6.92 Å². The molecule has 0 amide bonds. The van der Waals surface area contributed by atoms with Crippen molar-refractivity contribution in [1.29, 1.82) is 0 Å². The molecule has 1 rings (SSSR count). The van der Waals surface area contributed by atoms with Crippen LogP contribution in [0.25, 0.3) is 0 Å². The predicted octanol–water partition coefficient (Wildman–Crippen LogP) is 1.49. The van der Waals surface area contributed by atoms with Gasteiger partial charge in [-0.15, -0.1) is 0 Å². The van der Waals surface area contributed by atoms with Crippen molar-refractivity contribution >= 4 is 0 Å². The predicted molar refractivity (Wildman–Crippen MR) is 39.6 cm³/mol. The fourth-order valence-electron chi connectivity index (χ4n) is 0.481. The summed E-state index contributed by atoms with van der Waals surface area (Å²) in [7, 11) is 0. The van der Waals surface area contributed by atoms with Gasteiger partial charge in [0.05, 0.1) is 6.61 Å². The minimum absolute atomic E-state index is 0.302. The first-order valence-electron chi connectivity index (χ1n) is 3.29. The summed E-state index contributed by atoms with van der Waals surface area (Å²) in [5, 5.41) is 0. The van der Waals surface area contributed by atoms with Crippen molar-refractivity contribution in [1.82, 2.24) is 0 Å². The third-order valence-electron chi connectivity index (χ3n) is 1.32. The molecular formula is C8H12O2. The van der Waals surface area contributed by atoms with Gasteiger partial charge in [0.1, 0.15) is 18.5 Å². The second kappa shape index (κ2) is 2.88. The fourth-order valence-corrected chi connectivity index (χ4v) is 0.481. The summed E-state index contributed by atoms with van der Waals surface area (Å²) in [5.41, 5.74) is 0.876. The standard InChI is InChI=1S/C8H12O2/c1-6(2)7(3)9-4-8-5-10-8/h8H,1,3-5H2,2H3.